The molecule has 0 bridgehead atoms. The Labute approximate surface area is 148 Å². The van der Waals surface area contributed by atoms with Crippen molar-refractivity contribution >= 4 is 51.8 Å². The van der Waals surface area contributed by atoms with Crippen LogP contribution in [-0.2, 0) is 9.59 Å². The lowest BCUT2D eigenvalue weighted by Gasteiger charge is -2.13. The zero-order valence-electron chi connectivity index (χ0n) is 12.4. The Morgan fingerprint density at radius 1 is 1.08 bits per heavy atom. The molecule has 0 aromatic heterocycles. The molecule has 1 fully saturated rings. The van der Waals surface area contributed by atoms with E-state index in [1.54, 1.807) is 54.6 Å². The predicted molar refractivity (Wildman–Crippen MR) is 95.4 cm³/mol. The highest BCUT2D eigenvalue weighted by molar-refractivity contribution is 8.15. The summed E-state index contributed by atoms with van der Waals surface area (Å²) in [6, 6.07) is 15.3. The van der Waals surface area contributed by atoms with Gasteiger partial charge in [0.25, 0.3) is 5.24 Å². The smallest absolute Gasteiger partial charge is 0.293 e. The number of benzene rings is 2. The number of nitrogens with zero attached hydrogens (tertiary/aromatic N) is 1. The maximum absolute atomic E-state index is 12.4. The molecule has 0 saturated carbocycles. The van der Waals surface area contributed by atoms with Crippen LogP contribution in [0.4, 0.5) is 16.2 Å². The van der Waals surface area contributed by atoms with Crippen LogP contribution in [0.2, 0.25) is 5.02 Å². The summed E-state index contributed by atoms with van der Waals surface area (Å²) < 4.78 is 0. The molecule has 1 N–H and O–H groups in total. The number of imide groups is 1. The molecule has 1 aliphatic rings. The minimum atomic E-state index is -0.718. The highest BCUT2D eigenvalue weighted by atomic mass is 35.5. The number of nitrogens with one attached hydrogen (secondary N) is 1. The van der Waals surface area contributed by atoms with Gasteiger partial charge in [0.05, 0.1) is 5.69 Å². The summed E-state index contributed by atoms with van der Waals surface area (Å²) in [5.41, 5.74) is 1.10. The maximum atomic E-state index is 12.4. The molecule has 1 aliphatic heterocycles. The van der Waals surface area contributed by atoms with Crippen LogP contribution in [0.25, 0.3) is 0 Å². The average Bonchev–Trinajstić information content (AvgIpc) is 2.84. The van der Waals surface area contributed by atoms with E-state index in [-0.39, 0.29) is 23.5 Å². The summed E-state index contributed by atoms with van der Waals surface area (Å²) in [4.78, 5) is 37.8. The van der Waals surface area contributed by atoms with Crippen molar-refractivity contribution < 1.29 is 14.4 Å². The van der Waals surface area contributed by atoms with E-state index in [0.717, 1.165) is 16.7 Å². The van der Waals surface area contributed by atoms with Gasteiger partial charge in [0, 0.05) is 17.1 Å². The van der Waals surface area contributed by atoms with Crippen molar-refractivity contribution in [3.8, 4) is 0 Å². The Morgan fingerprint density at radius 3 is 2.42 bits per heavy atom. The van der Waals surface area contributed by atoms with Gasteiger partial charge in [-0.1, -0.05) is 29.8 Å². The fourth-order valence-corrected chi connectivity index (χ4v) is 3.42. The van der Waals surface area contributed by atoms with Gasteiger partial charge >= 0.3 is 0 Å². The number of hydrogen-bond acceptors (Lipinski definition) is 4. The van der Waals surface area contributed by atoms with Gasteiger partial charge < -0.3 is 5.32 Å². The van der Waals surface area contributed by atoms with Gasteiger partial charge in [-0.15, -0.1) is 0 Å². The van der Waals surface area contributed by atoms with Crippen molar-refractivity contribution in [1.29, 1.82) is 0 Å². The van der Waals surface area contributed by atoms with Crippen LogP contribution in [0, 0.1) is 0 Å². The third kappa shape index (κ3) is 3.60. The summed E-state index contributed by atoms with van der Waals surface area (Å²) >= 11 is 6.66. The second-order valence-corrected chi connectivity index (χ2v) is 6.73. The normalized spacial score (nSPS) is 17.2. The number of rotatable bonds is 4. The van der Waals surface area contributed by atoms with E-state index in [4.69, 9.17) is 11.6 Å². The van der Waals surface area contributed by atoms with E-state index in [0.29, 0.717) is 16.4 Å². The highest BCUT2D eigenvalue weighted by Gasteiger charge is 2.41. The third-order valence-corrected chi connectivity index (χ3v) is 4.72. The predicted octanol–water partition coefficient (Wildman–Crippen LogP) is 3.94. The molecule has 0 unspecified atom stereocenters. The number of carbonyl (C=O) groups excluding carboxylic acids is 3. The Hall–Kier alpha value is -2.31. The van der Waals surface area contributed by atoms with E-state index in [9.17, 15) is 14.4 Å². The topological polar surface area (TPSA) is 66.5 Å². The molecule has 0 aliphatic carbocycles. The zero-order chi connectivity index (χ0) is 17.1. The number of para-hydroxylation sites is 1. The molecule has 122 valence electrons. The Bertz CT molecular complexity index is 780. The molecule has 7 heteroatoms. The molecule has 3 rings (SSSR count). The molecule has 1 saturated heterocycles. The largest absolute Gasteiger partial charge is 0.326 e. The zero-order valence-corrected chi connectivity index (χ0v) is 14.0. The Balaban J connectivity index is 1.65. The monoisotopic (exact) mass is 360 g/mol. The third-order valence-electron chi connectivity index (χ3n) is 3.43. The van der Waals surface area contributed by atoms with Crippen LogP contribution in [0.1, 0.15) is 6.42 Å². The summed E-state index contributed by atoms with van der Waals surface area (Å²) in [5, 5.41) is 2.18. The standard InChI is InChI=1S/C17H13ClN2O3S/c18-11-6-8-12(9-7-11)19-15(21)10-14-16(22)20(17(23)24-14)13-4-2-1-3-5-13/h1-9,14H,10H2,(H,19,21)/t14-/m1/s1. The molecule has 1 heterocycles. The van der Waals surface area contributed by atoms with Gasteiger partial charge in [0.2, 0.25) is 11.8 Å². The van der Waals surface area contributed by atoms with Crippen LogP contribution in [0.5, 0.6) is 0 Å². The van der Waals surface area contributed by atoms with Gasteiger partial charge in [0.15, 0.2) is 0 Å². The molecule has 0 spiro atoms. The molecular weight excluding hydrogens is 348 g/mol. The summed E-state index contributed by atoms with van der Waals surface area (Å²) in [6.07, 6.45) is -0.0683. The van der Waals surface area contributed by atoms with Crippen molar-refractivity contribution in [1.82, 2.24) is 0 Å². The summed E-state index contributed by atoms with van der Waals surface area (Å²) in [6.45, 7) is 0. The Kier molecular flexibility index (Phi) is 4.87. The first-order valence-electron chi connectivity index (χ1n) is 7.19. The number of anilines is 2. The molecule has 5 nitrogen and oxygen atoms in total. The van der Waals surface area contributed by atoms with Crippen LogP contribution in [0.15, 0.2) is 54.6 Å². The number of hydrogen-bond donors (Lipinski definition) is 1. The molecule has 1 atom stereocenters. The van der Waals surface area contributed by atoms with E-state index in [2.05, 4.69) is 5.32 Å². The van der Waals surface area contributed by atoms with Crippen molar-refractivity contribution in [2.75, 3.05) is 10.2 Å². The molecule has 24 heavy (non-hydrogen) atoms. The highest BCUT2D eigenvalue weighted by Crippen LogP contribution is 2.33. The van der Waals surface area contributed by atoms with Gasteiger partial charge in [-0.3, -0.25) is 14.4 Å². The second kappa shape index (κ2) is 7.07. The first kappa shape index (κ1) is 16.5. The number of carbonyl (C=O) groups is 3. The van der Waals surface area contributed by atoms with E-state index in [1.165, 1.54) is 0 Å². The lowest BCUT2D eigenvalue weighted by Crippen LogP contribution is -2.32. The SMILES string of the molecule is O=C(C[C@H]1SC(=O)N(c2ccccc2)C1=O)Nc1ccc(Cl)cc1. The lowest BCUT2D eigenvalue weighted by atomic mass is 10.2. The number of thioether (sulfide) groups is 1. The van der Waals surface area contributed by atoms with Gasteiger partial charge in [-0.2, -0.15) is 0 Å². The maximum Gasteiger partial charge on any atom is 0.293 e. The van der Waals surface area contributed by atoms with Crippen molar-refractivity contribution in [2.24, 2.45) is 0 Å². The average molecular weight is 361 g/mol. The summed E-state index contributed by atoms with van der Waals surface area (Å²) in [7, 11) is 0. The lowest BCUT2D eigenvalue weighted by molar-refractivity contribution is -0.121. The van der Waals surface area contributed by atoms with Crippen molar-refractivity contribution in [2.45, 2.75) is 11.7 Å². The van der Waals surface area contributed by atoms with E-state index >= 15 is 0 Å². The van der Waals surface area contributed by atoms with Gasteiger partial charge in [0.1, 0.15) is 5.25 Å². The molecule has 0 radical (unpaired) electrons. The van der Waals surface area contributed by atoms with E-state index < -0.39 is 5.25 Å². The minimum absolute atomic E-state index is 0.0683. The molecular formula is C17H13ClN2O3S. The van der Waals surface area contributed by atoms with Crippen LogP contribution in [0.3, 0.4) is 0 Å². The minimum Gasteiger partial charge on any atom is -0.326 e. The van der Waals surface area contributed by atoms with Gasteiger partial charge in [-0.25, -0.2) is 4.90 Å². The van der Waals surface area contributed by atoms with Crippen molar-refractivity contribution in [3.05, 3.63) is 59.6 Å². The number of halogens is 1. The first-order chi connectivity index (χ1) is 11.5. The fourth-order valence-electron chi connectivity index (χ4n) is 2.31. The van der Waals surface area contributed by atoms with Gasteiger partial charge in [-0.05, 0) is 48.2 Å². The summed E-state index contributed by atoms with van der Waals surface area (Å²) in [5.74, 6) is -0.701. The van der Waals surface area contributed by atoms with Crippen LogP contribution >= 0.6 is 23.4 Å². The van der Waals surface area contributed by atoms with Crippen molar-refractivity contribution in [3.63, 3.8) is 0 Å². The second-order valence-electron chi connectivity index (χ2n) is 5.14. The molecule has 2 aromatic carbocycles. The fraction of sp³-hybridized carbons (Fsp3) is 0.118. The number of amides is 3. The molecule has 2 aromatic rings. The first-order valence-corrected chi connectivity index (χ1v) is 8.45. The van der Waals surface area contributed by atoms with E-state index in [1.807, 2.05) is 0 Å². The van der Waals surface area contributed by atoms with Crippen LogP contribution in [-0.4, -0.2) is 22.3 Å². The van der Waals surface area contributed by atoms with Crippen LogP contribution < -0.4 is 10.2 Å². The quantitative estimate of drug-likeness (QED) is 0.896. The molecule has 3 amide bonds. The Morgan fingerprint density at radius 2 is 1.75 bits per heavy atom.